The van der Waals surface area contributed by atoms with Crippen molar-refractivity contribution in [3.8, 4) is 11.5 Å². The monoisotopic (exact) mass is 405 g/mol. The highest BCUT2D eigenvalue weighted by molar-refractivity contribution is 7.91. The molecule has 0 bridgehead atoms. The van der Waals surface area contributed by atoms with Crippen LogP contribution in [-0.4, -0.2) is 46.1 Å². The predicted octanol–water partition coefficient (Wildman–Crippen LogP) is 2.26. The van der Waals surface area contributed by atoms with E-state index in [4.69, 9.17) is 9.47 Å². The van der Waals surface area contributed by atoms with E-state index in [1.807, 2.05) is 0 Å². The summed E-state index contributed by atoms with van der Waals surface area (Å²) in [4.78, 5) is 23.6. The molecule has 0 aliphatic rings. The number of carbonyl (C=O) groups excluding carboxylic acids is 2. The fraction of sp³-hybridized carbons (Fsp3) is 0.300. The molecule has 0 aliphatic heterocycles. The summed E-state index contributed by atoms with van der Waals surface area (Å²) in [5.41, 5.74) is 0.480. The maximum atomic E-state index is 12.2. The Bertz CT molecular complexity index is 925. The number of benzene rings is 2. The van der Waals surface area contributed by atoms with Gasteiger partial charge in [-0.2, -0.15) is 0 Å². The Hall–Kier alpha value is -2.87. The third-order valence-electron chi connectivity index (χ3n) is 3.94. The van der Waals surface area contributed by atoms with Gasteiger partial charge in [-0.1, -0.05) is 18.2 Å². The molecule has 28 heavy (non-hydrogen) atoms. The van der Waals surface area contributed by atoms with Crippen LogP contribution in [0.1, 0.15) is 23.7 Å². The number of nitrogens with one attached hydrogen (secondary N) is 1. The summed E-state index contributed by atoms with van der Waals surface area (Å²) < 4.78 is 34.9. The zero-order chi connectivity index (χ0) is 20.6. The van der Waals surface area contributed by atoms with Gasteiger partial charge in [0.05, 0.1) is 17.8 Å². The number of carbonyl (C=O) groups is 2. The van der Waals surface area contributed by atoms with Gasteiger partial charge in [0.1, 0.15) is 0 Å². The largest absolute Gasteiger partial charge is 0.493 e. The molecule has 0 heterocycles. The topological polar surface area (TPSA) is 98.8 Å². The van der Waals surface area contributed by atoms with E-state index in [9.17, 15) is 18.0 Å². The first-order chi connectivity index (χ1) is 13.3. The maximum Gasteiger partial charge on any atom is 0.257 e. The van der Waals surface area contributed by atoms with Crippen molar-refractivity contribution >= 4 is 21.5 Å². The number of ketones is 1. The van der Waals surface area contributed by atoms with Crippen LogP contribution in [0.15, 0.2) is 53.4 Å². The van der Waals surface area contributed by atoms with Crippen LogP contribution in [0, 0.1) is 0 Å². The van der Waals surface area contributed by atoms with Crippen molar-refractivity contribution in [1.29, 1.82) is 0 Å². The van der Waals surface area contributed by atoms with E-state index in [0.29, 0.717) is 23.5 Å². The zero-order valence-electron chi connectivity index (χ0n) is 15.8. The van der Waals surface area contributed by atoms with Crippen molar-refractivity contribution in [2.45, 2.75) is 18.2 Å². The van der Waals surface area contributed by atoms with Gasteiger partial charge in [-0.3, -0.25) is 9.59 Å². The van der Waals surface area contributed by atoms with Gasteiger partial charge in [-0.05, 0) is 43.7 Å². The quantitative estimate of drug-likeness (QED) is 0.481. The molecule has 150 valence electrons. The SMILES string of the molecule is COc1cc(C(C)=O)ccc1OCC(=O)NCCCS(=O)(=O)c1ccccc1. The summed E-state index contributed by atoms with van der Waals surface area (Å²) in [5, 5.41) is 2.62. The smallest absolute Gasteiger partial charge is 0.257 e. The van der Waals surface area contributed by atoms with E-state index >= 15 is 0 Å². The van der Waals surface area contributed by atoms with Gasteiger partial charge in [0.15, 0.2) is 33.7 Å². The number of methoxy groups -OCH3 is 1. The van der Waals surface area contributed by atoms with E-state index in [1.54, 1.807) is 48.5 Å². The van der Waals surface area contributed by atoms with Gasteiger partial charge in [-0.15, -0.1) is 0 Å². The summed E-state index contributed by atoms with van der Waals surface area (Å²) in [6.45, 7) is 1.41. The van der Waals surface area contributed by atoms with Gasteiger partial charge < -0.3 is 14.8 Å². The summed E-state index contributed by atoms with van der Waals surface area (Å²) in [6.07, 6.45) is 0.291. The average Bonchev–Trinajstić information content (AvgIpc) is 2.70. The van der Waals surface area contributed by atoms with Crippen molar-refractivity contribution in [1.82, 2.24) is 5.32 Å². The molecule has 2 rings (SSSR count). The van der Waals surface area contributed by atoms with Gasteiger partial charge in [0.25, 0.3) is 5.91 Å². The Labute approximate surface area is 164 Å². The second-order valence-electron chi connectivity index (χ2n) is 6.05. The Morgan fingerprint density at radius 3 is 2.39 bits per heavy atom. The third kappa shape index (κ3) is 6.09. The lowest BCUT2D eigenvalue weighted by Gasteiger charge is -2.12. The Morgan fingerprint density at radius 2 is 1.75 bits per heavy atom. The van der Waals surface area contributed by atoms with Crippen LogP contribution in [-0.2, 0) is 14.6 Å². The molecule has 0 saturated heterocycles. The first kappa shape index (κ1) is 21.4. The molecule has 2 aromatic rings. The standard InChI is InChI=1S/C20H23NO6S/c1-15(22)16-9-10-18(19(13-16)26-2)27-14-20(23)21-11-6-12-28(24,25)17-7-4-3-5-8-17/h3-5,7-10,13H,6,11-12,14H2,1-2H3,(H,21,23). The minimum absolute atomic E-state index is 0.0571. The second-order valence-corrected chi connectivity index (χ2v) is 8.16. The van der Waals surface area contributed by atoms with Crippen molar-refractivity contribution in [2.24, 2.45) is 0 Å². The van der Waals surface area contributed by atoms with Crippen LogP contribution in [0.3, 0.4) is 0 Å². The van der Waals surface area contributed by atoms with Gasteiger partial charge >= 0.3 is 0 Å². The second kappa shape index (κ2) is 9.89. The fourth-order valence-corrected chi connectivity index (χ4v) is 3.77. The van der Waals surface area contributed by atoms with Crippen LogP contribution < -0.4 is 14.8 Å². The zero-order valence-corrected chi connectivity index (χ0v) is 16.6. The van der Waals surface area contributed by atoms with Crippen molar-refractivity contribution in [3.05, 3.63) is 54.1 Å². The van der Waals surface area contributed by atoms with Crippen LogP contribution in [0.4, 0.5) is 0 Å². The Kier molecular flexibility index (Phi) is 7.57. The van der Waals surface area contributed by atoms with Gasteiger partial charge in [0.2, 0.25) is 0 Å². The van der Waals surface area contributed by atoms with Crippen molar-refractivity contribution < 1.29 is 27.5 Å². The maximum absolute atomic E-state index is 12.2. The molecule has 0 saturated carbocycles. The molecule has 0 aliphatic carbocycles. The van der Waals surface area contributed by atoms with Gasteiger partial charge in [-0.25, -0.2) is 8.42 Å². The van der Waals surface area contributed by atoms with E-state index < -0.39 is 9.84 Å². The van der Waals surface area contributed by atoms with Gasteiger partial charge in [0, 0.05) is 12.1 Å². The van der Waals surface area contributed by atoms with E-state index in [-0.39, 0.29) is 35.5 Å². The molecule has 2 aromatic carbocycles. The molecule has 7 nitrogen and oxygen atoms in total. The molecule has 0 atom stereocenters. The third-order valence-corrected chi connectivity index (χ3v) is 5.76. The highest BCUT2D eigenvalue weighted by Gasteiger charge is 2.14. The molecule has 1 N–H and O–H groups in total. The van der Waals surface area contributed by atoms with E-state index in [0.717, 1.165) is 0 Å². The lowest BCUT2D eigenvalue weighted by atomic mass is 10.1. The number of hydrogen-bond donors (Lipinski definition) is 1. The van der Waals surface area contributed by atoms with E-state index in [1.165, 1.54) is 14.0 Å². The molecular weight excluding hydrogens is 382 g/mol. The minimum Gasteiger partial charge on any atom is -0.493 e. The first-order valence-corrected chi connectivity index (χ1v) is 10.3. The number of Topliss-reactive ketones (excluding diaryl/α,β-unsaturated/α-hetero) is 1. The average molecular weight is 405 g/mol. The van der Waals surface area contributed by atoms with Crippen LogP contribution in [0.25, 0.3) is 0 Å². The highest BCUT2D eigenvalue weighted by atomic mass is 32.2. The minimum atomic E-state index is -3.36. The van der Waals surface area contributed by atoms with E-state index in [2.05, 4.69) is 5.32 Å². The predicted molar refractivity (Wildman–Crippen MR) is 105 cm³/mol. The Balaban J connectivity index is 1.78. The Morgan fingerprint density at radius 1 is 1.04 bits per heavy atom. The summed E-state index contributed by atoms with van der Waals surface area (Å²) >= 11 is 0. The summed E-state index contributed by atoms with van der Waals surface area (Å²) in [6, 6.07) is 12.9. The lowest BCUT2D eigenvalue weighted by Crippen LogP contribution is -2.30. The van der Waals surface area contributed by atoms with Crippen molar-refractivity contribution in [2.75, 3.05) is 26.0 Å². The molecule has 0 spiro atoms. The number of hydrogen-bond acceptors (Lipinski definition) is 6. The van der Waals surface area contributed by atoms with Crippen LogP contribution in [0.5, 0.6) is 11.5 Å². The number of rotatable bonds is 10. The summed E-state index contributed by atoms with van der Waals surface area (Å²) in [5.74, 6) is 0.157. The molecular formula is C20H23NO6S. The van der Waals surface area contributed by atoms with Crippen LogP contribution >= 0.6 is 0 Å². The fourth-order valence-electron chi connectivity index (χ4n) is 2.44. The molecule has 0 unspecified atom stereocenters. The number of sulfone groups is 1. The molecule has 1 amide bonds. The number of amides is 1. The molecule has 0 radical (unpaired) electrons. The molecule has 8 heteroatoms. The van der Waals surface area contributed by atoms with Crippen LogP contribution in [0.2, 0.25) is 0 Å². The number of ether oxygens (including phenoxy) is 2. The highest BCUT2D eigenvalue weighted by Crippen LogP contribution is 2.28. The first-order valence-electron chi connectivity index (χ1n) is 8.70. The molecule has 0 fully saturated rings. The normalized spacial score (nSPS) is 10.9. The molecule has 0 aromatic heterocycles. The summed E-state index contributed by atoms with van der Waals surface area (Å²) in [7, 11) is -1.92. The van der Waals surface area contributed by atoms with Crippen molar-refractivity contribution in [3.63, 3.8) is 0 Å². The lowest BCUT2D eigenvalue weighted by molar-refractivity contribution is -0.123.